The predicted octanol–water partition coefficient (Wildman–Crippen LogP) is 7.94. The third-order valence-corrected chi connectivity index (χ3v) is 14.0. The lowest BCUT2D eigenvalue weighted by Crippen LogP contribution is -2.46. The van der Waals surface area contributed by atoms with Crippen LogP contribution in [-0.2, 0) is 21.6 Å². The van der Waals surface area contributed by atoms with Gasteiger partial charge in [0.05, 0.1) is 53.6 Å². The Balaban J connectivity index is 0.952. The molecule has 0 unspecified atom stereocenters. The van der Waals surface area contributed by atoms with Gasteiger partial charge in [-0.1, -0.05) is 50.0 Å². The van der Waals surface area contributed by atoms with Crippen molar-refractivity contribution in [3.8, 4) is 33.5 Å². The summed E-state index contributed by atoms with van der Waals surface area (Å²) in [6, 6.07) is 22.6. The molecule has 10 rings (SSSR count). The first-order valence-electron chi connectivity index (χ1n) is 18.8. The molecule has 2 spiro atoms. The van der Waals surface area contributed by atoms with Gasteiger partial charge in [-0.25, -0.2) is 9.97 Å². The predicted molar refractivity (Wildman–Crippen MR) is 201 cm³/mol. The molecule has 3 aliphatic heterocycles. The molecule has 9 heteroatoms. The number of H-pyrrole nitrogens is 1. The van der Waals surface area contributed by atoms with Gasteiger partial charge in [-0.3, -0.25) is 0 Å². The van der Waals surface area contributed by atoms with Crippen LogP contribution in [0.1, 0.15) is 67.0 Å². The number of hydrogen-bond donors (Lipinski definition) is 3. The second-order valence-electron chi connectivity index (χ2n) is 17.0. The Morgan fingerprint density at radius 3 is 2.38 bits per heavy atom. The number of rotatable bonds is 9. The average molecular weight is 685 g/mol. The molecule has 3 aromatic carbocycles. The number of aromatic amines is 1. The van der Waals surface area contributed by atoms with Crippen molar-refractivity contribution < 1.29 is 9.47 Å². The van der Waals surface area contributed by atoms with E-state index in [1.807, 2.05) is 6.20 Å². The Kier molecular flexibility index (Phi) is 7.14. The monoisotopic (exact) mass is 684 g/mol. The Hall–Kier alpha value is -3.60. The number of aromatic nitrogens is 4. The van der Waals surface area contributed by atoms with Gasteiger partial charge in [-0.15, -0.1) is 0 Å². The minimum Gasteiger partial charge on any atom is -0.379 e. The Bertz CT molecular complexity index is 2110. The third-order valence-electron chi connectivity index (χ3n) is 12.3. The molecule has 2 aromatic heterocycles. The molecule has 5 aromatic rings. The second-order valence-corrected chi connectivity index (χ2v) is 22.6. The summed E-state index contributed by atoms with van der Waals surface area (Å²) >= 11 is 0. The van der Waals surface area contributed by atoms with E-state index in [1.165, 1.54) is 70.7 Å². The molecule has 2 aliphatic carbocycles. The van der Waals surface area contributed by atoms with Crippen LogP contribution >= 0.6 is 0 Å². The van der Waals surface area contributed by atoms with E-state index in [0.29, 0.717) is 31.4 Å². The van der Waals surface area contributed by atoms with Crippen LogP contribution in [0.4, 0.5) is 0 Å². The maximum absolute atomic E-state index is 6.28. The number of imidazole rings is 2. The van der Waals surface area contributed by atoms with E-state index in [9.17, 15) is 0 Å². The SMILES string of the molecule is C[Si](C)(C)CCOCn1c([C@@H]2CCCN2)nc2cc(-c3ccc4c(c3)C3(COC3)c3cc(-c5cnc([C@@H]6CC7(CC7)CN6)[nH]5)ccc3-4)ccc21. The Morgan fingerprint density at radius 2 is 1.68 bits per heavy atom. The summed E-state index contributed by atoms with van der Waals surface area (Å²) in [5.74, 6) is 2.17. The van der Waals surface area contributed by atoms with Crippen LogP contribution in [-0.4, -0.2) is 60.5 Å². The van der Waals surface area contributed by atoms with Gasteiger partial charge in [0.25, 0.3) is 0 Å². The number of nitrogens with zero attached hydrogens (tertiary/aromatic N) is 3. The van der Waals surface area contributed by atoms with Crippen molar-refractivity contribution in [3.63, 3.8) is 0 Å². The summed E-state index contributed by atoms with van der Waals surface area (Å²) in [7, 11) is -1.16. The van der Waals surface area contributed by atoms with Gasteiger partial charge in [0, 0.05) is 21.2 Å². The number of benzene rings is 3. The molecule has 0 amide bonds. The molecule has 3 N–H and O–H groups in total. The fourth-order valence-electron chi connectivity index (χ4n) is 8.96. The summed E-state index contributed by atoms with van der Waals surface area (Å²) in [4.78, 5) is 13.8. The highest BCUT2D eigenvalue weighted by atomic mass is 28.3. The van der Waals surface area contributed by atoms with Crippen LogP contribution in [0.15, 0.2) is 60.8 Å². The summed E-state index contributed by atoms with van der Waals surface area (Å²) in [5.41, 5.74) is 12.7. The highest BCUT2D eigenvalue weighted by molar-refractivity contribution is 6.76. The first-order chi connectivity index (χ1) is 24.3. The van der Waals surface area contributed by atoms with E-state index < -0.39 is 8.07 Å². The minimum absolute atomic E-state index is 0.120. The van der Waals surface area contributed by atoms with Gasteiger partial charge >= 0.3 is 0 Å². The largest absolute Gasteiger partial charge is 0.379 e. The van der Waals surface area contributed by atoms with Crippen LogP contribution in [0.3, 0.4) is 0 Å². The van der Waals surface area contributed by atoms with Crippen molar-refractivity contribution in [3.05, 3.63) is 83.6 Å². The molecule has 8 nitrogen and oxygen atoms in total. The number of hydrogen-bond acceptors (Lipinski definition) is 6. The zero-order valence-corrected chi connectivity index (χ0v) is 30.6. The lowest BCUT2D eigenvalue weighted by Gasteiger charge is -2.40. The topological polar surface area (TPSA) is 89.0 Å². The van der Waals surface area contributed by atoms with Gasteiger partial charge in [-0.2, -0.15) is 0 Å². The molecular weight excluding hydrogens is 637 g/mol. The molecule has 3 saturated heterocycles. The molecule has 0 bridgehead atoms. The molecule has 0 radical (unpaired) electrons. The lowest BCUT2D eigenvalue weighted by atomic mass is 9.75. The zero-order chi connectivity index (χ0) is 33.7. The first kappa shape index (κ1) is 31.2. The first-order valence-corrected chi connectivity index (χ1v) is 22.5. The van der Waals surface area contributed by atoms with Crippen LogP contribution in [0.5, 0.6) is 0 Å². The quantitative estimate of drug-likeness (QED) is 0.108. The number of ether oxygens (including phenoxy) is 2. The van der Waals surface area contributed by atoms with Crippen molar-refractivity contribution in [1.29, 1.82) is 0 Å². The van der Waals surface area contributed by atoms with Crippen molar-refractivity contribution in [1.82, 2.24) is 30.2 Å². The second kappa shape index (κ2) is 11.5. The molecule has 1 saturated carbocycles. The van der Waals surface area contributed by atoms with Crippen molar-refractivity contribution >= 4 is 19.1 Å². The van der Waals surface area contributed by atoms with E-state index >= 15 is 0 Å². The molecule has 4 fully saturated rings. The maximum Gasteiger partial charge on any atom is 0.128 e. The van der Waals surface area contributed by atoms with E-state index in [0.717, 1.165) is 54.5 Å². The molecule has 258 valence electrons. The van der Waals surface area contributed by atoms with Gasteiger partial charge in [0.2, 0.25) is 0 Å². The van der Waals surface area contributed by atoms with Crippen molar-refractivity contribution in [2.75, 3.05) is 32.9 Å². The molecule has 50 heavy (non-hydrogen) atoms. The average Bonchev–Trinajstić information content (AvgIpc) is 3.67. The Morgan fingerprint density at radius 1 is 0.920 bits per heavy atom. The maximum atomic E-state index is 6.28. The van der Waals surface area contributed by atoms with Gasteiger partial charge in [0.1, 0.15) is 18.4 Å². The molecule has 2 atom stereocenters. The summed E-state index contributed by atoms with van der Waals surface area (Å²) < 4.78 is 14.6. The van der Waals surface area contributed by atoms with Crippen molar-refractivity contribution in [2.45, 2.75) is 82.0 Å². The lowest BCUT2D eigenvalue weighted by molar-refractivity contribution is -0.0357. The minimum atomic E-state index is -1.16. The number of nitrogens with one attached hydrogen (secondary N) is 3. The fourth-order valence-corrected chi connectivity index (χ4v) is 9.71. The van der Waals surface area contributed by atoms with Gasteiger partial charge in [0.15, 0.2) is 0 Å². The van der Waals surface area contributed by atoms with Crippen LogP contribution in [0.25, 0.3) is 44.5 Å². The smallest absolute Gasteiger partial charge is 0.128 e. The summed E-state index contributed by atoms with van der Waals surface area (Å²) in [5, 5.41) is 7.39. The third kappa shape index (κ3) is 5.15. The normalized spacial score (nSPS) is 22.8. The van der Waals surface area contributed by atoms with E-state index in [4.69, 9.17) is 19.4 Å². The van der Waals surface area contributed by atoms with Gasteiger partial charge in [-0.05, 0) is 113 Å². The van der Waals surface area contributed by atoms with E-state index in [-0.39, 0.29) is 11.5 Å². The fraction of sp³-hybridized carbons (Fsp3) is 0.463. The molecular formula is C41H48N6O2Si. The van der Waals surface area contributed by atoms with E-state index in [1.54, 1.807) is 0 Å². The zero-order valence-electron chi connectivity index (χ0n) is 29.6. The Labute approximate surface area is 295 Å². The number of fused-ring (bicyclic) bond motifs is 6. The standard InChI is InChI=1S/C41H48N6O2Si/c1-50(2,3)16-15-48-25-47-37-11-8-27(19-34(37)46-39(47)33-5-4-14-42-33)26-6-9-29-30-10-7-28(18-32(30)41(23-49-24-41)31(29)17-26)36-21-43-38(45-36)35-20-40(12-13-40)22-44-35/h6-11,17-19,21,33,35,42,44H,4-5,12-16,20,22-25H2,1-3H3,(H,43,45)/t33-,35-/m0/s1. The molecule has 5 aliphatic rings. The summed E-state index contributed by atoms with van der Waals surface area (Å²) in [6.45, 7) is 12.1. The highest BCUT2D eigenvalue weighted by Gasteiger charge is 2.50. The van der Waals surface area contributed by atoms with Crippen LogP contribution < -0.4 is 10.6 Å². The van der Waals surface area contributed by atoms with Gasteiger partial charge < -0.3 is 29.7 Å². The van der Waals surface area contributed by atoms with E-state index in [2.05, 4.69) is 94.4 Å². The molecule has 5 heterocycles. The van der Waals surface area contributed by atoms with Crippen LogP contribution in [0, 0.1) is 5.41 Å². The summed E-state index contributed by atoms with van der Waals surface area (Å²) in [6.07, 6.45) is 8.22. The van der Waals surface area contributed by atoms with Crippen molar-refractivity contribution in [2.24, 2.45) is 5.41 Å². The van der Waals surface area contributed by atoms with Crippen LogP contribution in [0.2, 0.25) is 25.7 Å². The highest BCUT2D eigenvalue weighted by Crippen LogP contribution is 2.56.